The zero-order chi connectivity index (χ0) is 11.9. The summed E-state index contributed by atoms with van der Waals surface area (Å²) in [4.78, 5) is 12.0. The molecule has 1 N–H and O–H groups in total. The van der Waals surface area contributed by atoms with Gasteiger partial charge in [0.1, 0.15) is 11.8 Å². The van der Waals surface area contributed by atoms with Gasteiger partial charge in [-0.1, -0.05) is 11.6 Å². The highest BCUT2D eigenvalue weighted by atomic mass is 35.5. The third-order valence-corrected chi connectivity index (χ3v) is 3.09. The van der Waals surface area contributed by atoms with Crippen molar-refractivity contribution >= 4 is 17.4 Å². The SMILES string of the molecule is CC(C)n1ncc(Cl)c1C(=O)C(O)C1CC1. The zero-order valence-electron chi connectivity index (χ0n) is 9.35. The van der Waals surface area contributed by atoms with Gasteiger partial charge in [-0.05, 0) is 32.6 Å². The van der Waals surface area contributed by atoms with Crippen molar-refractivity contribution in [3.05, 3.63) is 16.9 Å². The third-order valence-electron chi connectivity index (χ3n) is 2.81. The van der Waals surface area contributed by atoms with Crippen LogP contribution in [0.2, 0.25) is 5.02 Å². The zero-order valence-corrected chi connectivity index (χ0v) is 10.1. The highest BCUT2D eigenvalue weighted by Crippen LogP contribution is 2.35. The van der Waals surface area contributed by atoms with E-state index in [2.05, 4.69) is 5.10 Å². The Morgan fingerprint density at radius 2 is 2.25 bits per heavy atom. The molecule has 1 atom stereocenters. The van der Waals surface area contributed by atoms with E-state index in [0.717, 1.165) is 12.8 Å². The highest BCUT2D eigenvalue weighted by molar-refractivity contribution is 6.33. The predicted octanol–water partition coefficient (Wildman–Crippen LogP) is 2.07. The minimum atomic E-state index is -0.924. The molecule has 0 bridgehead atoms. The van der Waals surface area contributed by atoms with Gasteiger partial charge < -0.3 is 5.11 Å². The number of carbonyl (C=O) groups excluding carboxylic acids is 1. The molecule has 1 aromatic rings. The molecule has 1 heterocycles. The van der Waals surface area contributed by atoms with E-state index < -0.39 is 6.10 Å². The van der Waals surface area contributed by atoms with Gasteiger partial charge >= 0.3 is 0 Å². The van der Waals surface area contributed by atoms with Crippen LogP contribution in [0.5, 0.6) is 0 Å². The Labute approximate surface area is 99.2 Å². The molecule has 1 aromatic heterocycles. The van der Waals surface area contributed by atoms with Crippen LogP contribution >= 0.6 is 11.6 Å². The number of aliphatic hydroxyl groups is 1. The van der Waals surface area contributed by atoms with Gasteiger partial charge in [0, 0.05) is 6.04 Å². The second-order valence-electron chi connectivity index (χ2n) is 4.53. The van der Waals surface area contributed by atoms with E-state index in [-0.39, 0.29) is 17.7 Å². The molecular weight excluding hydrogens is 228 g/mol. The topological polar surface area (TPSA) is 55.1 Å². The Morgan fingerprint density at radius 3 is 2.75 bits per heavy atom. The van der Waals surface area contributed by atoms with E-state index in [1.165, 1.54) is 6.20 Å². The molecule has 4 nitrogen and oxygen atoms in total. The fourth-order valence-corrected chi connectivity index (χ4v) is 1.95. The number of aromatic nitrogens is 2. The van der Waals surface area contributed by atoms with Gasteiger partial charge in [0.05, 0.1) is 11.2 Å². The molecule has 16 heavy (non-hydrogen) atoms. The first-order valence-electron chi connectivity index (χ1n) is 5.47. The fraction of sp³-hybridized carbons (Fsp3) is 0.636. The molecule has 0 aliphatic heterocycles. The van der Waals surface area contributed by atoms with Crippen molar-refractivity contribution in [2.45, 2.75) is 38.8 Å². The molecule has 0 amide bonds. The number of aliphatic hydroxyl groups excluding tert-OH is 1. The molecule has 0 spiro atoms. The summed E-state index contributed by atoms with van der Waals surface area (Å²) in [5.74, 6) is -0.197. The number of ketones is 1. The molecule has 1 unspecified atom stereocenters. The van der Waals surface area contributed by atoms with Crippen LogP contribution in [-0.2, 0) is 0 Å². The lowest BCUT2D eigenvalue weighted by atomic mass is 10.1. The van der Waals surface area contributed by atoms with Crippen molar-refractivity contribution in [1.82, 2.24) is 9.78 Å². The minimum absolute atomic E-state index is 0.0536. The molecule has 1 fully saturated rings. The third kappa shape index (κ3) is 1.99. The molecule has 5 heteroatoms. The monoisotopic (exact) mass is 242 g/mol. The summed E-state index contributed by atoms with van der Waals surface area (Å²) in [5, 5.41) is 14.2. The van der Waals surface area contributed by atoms with E-state index in [0.29, 0.717) is 10.7 Å². The highest BCUT2D eigenvalue weighted by Gasteiger charge is 2.37. The van der Waals surface area contributed by atoms with E-state index in [4.69, 9.17) is 11.6 Å². The standard InChI is InChI=1S/C11H15ClN2O2/c1-6(2)14-9(8(12)5-13-14)11(16)10(15)7-3-4-7/h5-7,10,15H,3-4H2,1-2H3. The number of hydrogen-bond acceptors (Lipinski definition) is 3. The normalized spacial score (nSPS) is 17.8. The Morgan fingerprint density at radius 1 is 1.62 bits per heavy atom. The largest absolute Gasteiger partial charge is 0.385 e. The van der Waals surface area contributed by atoms with Crippen molar-refractivity contribution in [2.24, 2.45) is 5.92 Å². The second kappa shape index (κ2) is 4.18. The maximum atomic E-state index is 12.0. The molecule has 1 saturated carbocycles. The van der Waals surface area contributed by atoms with Gasteiger partial charge in [-0.2, -0.15) is 5.10 Å². The first-order valence-corrected chi connectivity index (χ1v) is 5.85. The Hall–Kier alpha value is -0.870. The van der Waals surface area contributed by atoms with E-state index in [1.54, 1.807) is 4.68 Å². The lowest BCUT2D eigenvalue weighted by Gasteiger charge is -2.13. The van der Waals surface area contributed by atoms with Crippen LogP contribution in [0.3, 0.4) is 0 Å². The number of carbonyl (C=O) groups is 1. The van der Waals surface area contributed by atoms with Crippen molar-refractivity contribution in [3.8, 4) is 0 Å². The van der Waals surface area contributed by atoms with Gasteiger partial charge in [-0.3, -0.25) is 9.48 Å². The first kappa shape index (κ1) is 11.6. The Balaban J connectivity index is 2.30. The van der Waals surface area contributed by atoms with E-state index in [1.807, 2.05) is 13.8 Å². The lowest BCUT2D eigenvalue weighted by molar-refractivity contribution is 0.0690. The molecule has 0 saturated heterocycles. The minimum Gasteiger partial charge on any atom is -0.385 e. The summed E-state index contributed by atoms with van der Waals surface area (Å²) in [6.45, 7) is 3.84. The number of halogens is 1. The van der Waals surface area contributed by atoms with E-state index >= 15 is 0 Å². The molecule has 88 valence electrons. The molecule has 0 radical (unpaired) electrons. The quantitative estimate of drug-likeness (QED) is 0.823. The van der Waals surface area contributed by atoms with Crippen molar-refractivity contribution in [3.63, 3.8) is 0 Å². The van der Waals surface area contributed by atoms with Gasteiger partial charge in [-0.15, -0.1) is 0 Å². The van der Waals surface area contributed by atoms with Gasteiger partial charge in [0.15, 0.2) is 0 Å². The molecule has 0 aromatic carbocycles. The summed E-state index contributed by atoms with van der Waals surface area (Å²) in [6, 6.07) is 0.0536. The van der Waals surface area contributed by atoms with Gasteiger partial charge in [0.25, 0.3) is 0 Å². The number of hydrogen-bond donors (Lipinski definition) is 1. The van der Waals surface area contributed by atoms with Gasteiger partial charge in [0.2, 0.25) is 5.78 Å². The predicted molar refractivity (Wildman–Crippen MR) is 60.7 cm³/mol. The molecule has 1 aliphatic rings. The summed E-state index contributed by atoms with van der Waals surface area (Å²) in [7, 11) is 0. The maximum absolute atomic E-state index is 12.0. The summed E-state index contributed by atoms with van der Waals surface area (Å²) in [6.07, 6.45) is 2.36. The van der Waals surface area contributed by atoms with Crippen molar-refractivity contribution in [2.75, 3.05) is 0 Å². The number of nitrogens with zero attached hydrogens (tertiary/aromatic N) is 2. The average Bonchev–Trinajstić information content (AvgIpc) is 2.99. The van der Waals surface area contributed by atoms with Crippen LogP contribution in [-0.4, -0.2) is 26.8 Å². The van der Waals surface area contributed by atoms with Crippen molar-refractivity contribution in [1.29, 1.82) is 0 Å². The Kier molecular flexibility index (Phi) is 3.04. The van der Waals surface area contributed by atoms with Gasteiger partial charge in [-0.25, -0.2) is 0 Å². The van der Waals surface area contributed by atoms with Crippen LogP contribution in [0.25, 0.3) is 0 Å². The van der Waals surface area contributed by atoms with E-state index in [9.17, 15) is 9.90 Å². The summed E-state index contributed by atoms with van der Waals surface area (Å²) in [5.41, 5.74) is 0.330. The molecule has 1 aliphatic carbocycles. The Bertz CT molecular complexity index is 410. The first-order chi connectivity index (χ1) is 7.52. The van der Waals surface area contributed by atoms with Crippen LogP contribution in [0.1, 0.15) is 43.2 Å². The smallest absolute Gasteiger partial charge is 0.211 e. The van der Waals surface area contributed by atoms with Crippen LogP contribution in [0.15, 0.2) is 6.20 Å². The lowest BCUT2D eigenvalue weighted by Crippen LogP contribution is -2.26. The van der Waals surface area contributed by atoms with Crippen LogP contribution in [0, 0.1) is 5.92 Å². The fourth-order valence-electron chi connectivity index (χ4n) is 1.73. The summed E-state index contributed by atoms with van der Waals surface area (Å²) >= 11 is 5.94. The number of rotatable bonds is 4. The molecular formula is C11H15ClN2O2. The van der Waals surface area contributed by atoms with Crippen LogP contribution in [0.4, 0.5) is 0 Å². The summed E-state index contributed by atoms with van der Waals surface area (Å²) < 4.78 is 1.57. The second-order valence-corrected chi connectivity index (χ2v) is 4.93. The van der Waals surface area contributed by atoms with Crippen molar-refractivity contribution < 1.29 is 9.90 Å². The molecule has 2 rings (SSSR count). The number of Topliss-reactive ketones (excluding diaryl/α,β-unsaturated/α-hetero) is 1. The average molecular weight is 243 g/mol. The maximum Gasteiger partial charge on any atom is 0.211 e. The van der Waals surface area contributed by atoms with Crippen LogP contribution < -0.4 is 0 Å².